The van der Waals surface area contributed by atoms with Crippen LogP contribution in [-0.4, -0.2) is 11.5 Å². The van der Waals surface area contributed by atoms with E-state index in [4.69, 9.17) is 6.42 Å². The van der Waals surface area contributed by atoms with Crippen molar-refractivity contribution in [3.8, 4) is 12.3 Å². The average Bonchev–Trinajstić information content (AvgIpc) is 2.53. The lowest BCUT2D eigenvalue weighted by Crippen LogP contribution is -1.98. The van der Waals surface area contributed by atoms with Crippen molar-refractivity contribution in [1.82, 2.24) is 4.98 Å². The quantitative estimate of drug-likeness (QED) is 0.567. The van der Waals surface area contributed by atoms with Gasteiger partial charge in [-0.05, 0) is 6.42 Å². The first-order valence-electron chi connectivity index (χ1n) is 3.99. The largest absolute Gasteiger partial charge is 0.361 e. The second-order valence-corrected chi connectivity index (χ2v) is 3.48. The van der Waals surface area contributed by atoms with Crippen LogP contribution in [0, 0.1) is 12.3 Å². The maximum absolute atomic E-state index is 5.12. The Morgan fingerprint density at radius 3 is 3.17 bits per heavy atom. The lowest BCUT2D eigenvalue weighted by atomic mass is 10.4. The Morgan fingerprint density at radius 2 is 2.58 bits per heavy atom. The molecule has 0 aromatic carbocycles. The van der Waals surface area contributed by atoms with Crippen LogP contribution in [0.15, 0.2) is 6.20 Å². The molecule has 12 heavy (non-hydrogen) atoms. The van der Waals surface area contributed by atoms with Gasteiger partial charge < -0.3 is 5.32 Å². The fraction of sp³-hybridized carbons (Fsp3) is 0.444. The lowest BCUT2D eigenvalue weighted by molar-refractivity contribution is 1.09. The van der Waals surface area contributed by atoms with Gasteiger partial charge in [0.25, 0.3) is 0 Å². The molecule has 2 nitrogen and oxygen atoms in total. The minimum atomic E-state index is 0.751. The van der Waals surface area contributed by atoms with E-state index in [1.165, 1.54) is 4.88 Å². The Morgan fingerprint density at radius 1 is 1.75 bits per heavy atom. The number of nitrogens with zero attached hydrogens (tertiary/aromatic N) is 1. The molecule has 1 heterocycles. The minimum absolute atomic E-state index is 0.751. The van der Waals surface area contributed by atoms with E-state index in [1.807, 2.05) is 6.20 Å². The first kappa shape index (κ1) is 9.08. The smallest absolute Gasteiger partial charge is 0.182 e. The van der Waals surface area contributed by atoms with Crippen molar-refractivity contribution in [2.24, 2.45) is 0 Å². The van der Waals surface area contributed by atoms with Crippen LogP contribution in [0.5, 0.6) is 0 Å². The first-order chi connectivity index (χ1) is 5.86. The summed E-state index contributed by atoms with van der Waals surface area (Å²) in [6, 6.07) is 0. The van der Waals surface area contributed by atoms with Crippen molar-refractivity contribution in [3.63, 3.8) is 0 Å². The van der Waals surface area contributed by atoms with Crippen LogP contribution in [-0.2, 0) is 6.42 Å². The summed E-state index contributed by atoms with van der Waals surface area (Å²) in [5.74, 6) is 2.57. The Bertz CT molecular complexity index is 272. The molecule has 1 aromatic rings. The second-order valence-electron chi connectivity index (χ2n) is 2.37. The molecule has 0 amide bonds. The van der Waals surface area contributed by atoms with Gasteiger partial charge in [0.15, 0.2) is 5.13 Å². The molecule has 0 aliphatic carbocycles. The van der Waals surface area contributed by atoms with E-state index in [0.717, 1.165) is 24.5 Å². The van der Waals surface area contributed by atoms with Crippen LogP contribution >= 0.6 is 11.3 Å². The molecular formula is C9H12N2S. The summed E-state index contributed by atoms with van der Waals surface area (Å²) in [5, 5.41) is 4.14. The summed E-state index contributed by atoms with van der Waals surface area (Å²) >= 11 is 1.69. The van der Waals surface area contributed by atoms with Gasteiger partial charge in [-0.25, -0.2) is 4.98 Å². The van der Waals surface area contributed by atoms with E-state index >= 15 is 0 Å². The Kier molecular flexibility index (Phi) is 3.62. The highest BCUT2D eigenvalue weighted by Crippen LogP contribution is 2.17. The molecule has 0 saturated carbocycles. The molecule has 0 aliphatic rings. The van der Waals surface area contributed by atoms with Crippen LogP contribution in [0.1, 0.15) is 18.2 Å². The van der Waals surface area contributed by atoms with E-state index in [2.05, 4.69) is 23.1 Å². The maximum atomic E-state index is 5.12. The zero-order valence-electron chi connectivity index (χ0n) is 7.13. The Balaban J connectivity index is 2.37. The van der Waals surface area contributed by atoms with E-state index in [1.54, 1.807) is 11.3 Å². The fourth-order valence-corrected chi connectivity index (χ4v) is 1.57. The number of aryl methyl sites for hydroxylation is 1. The molecule has 0 atom stereocenters. The van der Waals surface area contributed by atoms with Crippen molar-refractivity contribution < 1.29 is 0 Å². The van der Waals surface area contributed by atoms with Crippen LogP contribution in [0.3, 0.4) is 0 Å². The number of hydrogen-bond donors (Lipinski definition) is 1. The molecule has 1 N–H and O–H groups in total. The van der Waals surface area contributed by atoms with Gasteiger partial charge in [-0.3, -0.25) is 0 Å². The minimum Gasteiger partial charge on any atom is -0.361 e. The molecular weight excluding hydrogens is 168 g/mol. The van der Waals surface area contributed by atoms with Crippen LogP contribution in [0.25, 0.3) is 0 Å². The normalized spacial score (nSPS) is 9.33. The number of terminal acetylenes is 1. The van der Waals surface area contributed by atoms with Gasteiger partial charge in [0, 0.05) is 24.0 Å². The highest BCUT2D eigenvalue weighted by molar-refractivity contribution is 7.15. The third kappa shape index (κ3) is 2.55. The van der Waals surface area contributed by atoms with Gasteiger partial charge in [0.05, 0.1) is 0 Å². The number of aromatic nitrogens is 1. The number of hydrogen-bond acceptors (Lipinski definition) is 3. The molecule has 0 radical (unpaired) electrons. The molecule has 0 unspecified atom stereocenters. The number of thiazole rings is 1. The highest BCUT2D eigenvalue weighted by atomic mass is 32.1. The molecule has 64 valence electrons. The third-order valence-corrected chi connectivity index (χ3v) is 2.55. The molecule has 0 fully saturated rings. The van der Waals surface area contributed by atoms with E-state index in [9.17, 15) is 0 Å². The standard InChI is InChI=1S/C9H12N2S/c1-3-5-6-10-9-11-7-8(4-2)12-9/h1,7H,4-6H2,2H3,(H,10,11). The fourth-order valence-electron chi connectivity index (χ4n) is 0.794. The molecule has 1 rings (SSSR count). The summed E-state index contributed by atoms with van der Waals surface area (Å²) in [7, 11) is 0. The molecule has 0 aliphatic heterocycles. The number of nitrogens with one attached hydrogen (secondary N) is 1. The van der Waals surface area contributed by atoms with Crippen molar-refractivity contribution in [1.29, 1.82) is 0 Å². The molecule has 3 heteroatoms. The average molecular weight is 180 g/mol. The summed E-state index contributed by atoms with van der Waals surface area (Å²) in [6.45, 7) is 2.94. The topological polar surface area (TPSA) is 24.9 Å². The predicted octanol–water partition coefficient (Wildman–Crippen LogP) is 2.14. The van der Waals surface area contributed by atoms with E-state index in [-0.39, 0.29) is 0 Å². The van der Waals surface area contributed by atoms with E-state index < -0.39 is 0 Å². The highest BCUT2D eigenvalue weighted by Gasteiger charge is 1.97. The molecule has 0 saturated heterocycles. The summed E-state index contributed by atoms with van der Waals surface area (Å²) < 4.78 is 0. The number of anilines is 1. The van der Waals surface area contributed by atoms with Crippen LogP contribution in [0.4, 0.5) is 5.13 Å². The van der Waals surface area contributed by atoms with Crippen molar-refractivity contribution >= 4 is 16.5 Å². The van der Waals surface area contributed by atoms with Crippen molar-refractivity contribution in [2.75, 3.05) is 11.9 Å². The maximum Gasteiger partial charge on any atom is 0.182 e. The Hall–Kier alpha value is -1.01. The zero-order valence-corrected chi connectivity index (χ0v) is 7.95. The van der Waals surface area contributed by atoms with Gasteiger partial charge in [-0.2, -0.15) is 0 Å². The molecule has 0 spiro atoms. The van der Waals surface area contributed by atoms with Gasteiger partial charge in [0.2, 0.25) is 0 Å². The second kappa shape index (κ2) is 4.78. The summed E-state index contributed by atoms with van der Waals surface area (Å²) in [6.07, 6.45) is 8.82. The van der Waals surface area contributed by atoms with E-state index in [0.29, 0.717) is 0 Å². The van der Waals surface area contributed by atoms with Crippen molar-refractivity contribution in [3.05, 3.63) is 11.1 Å². The van der Waals surface area contributed by atoms with Crippen LogP contribution in [0.2, 0.25) is 0 Å². The number of rotatable bonds is 4. The Labute approximate surface area is 77.0 Å². The summed E-state index contributed by atoms with van der Waals surface area (Å²) in [4.78, 5) is 5.50. The predicted molar refractivity (Wildman–Crippen MR) is 53.4 cm³/mol. The van der Waals surface area contributed by atoms with Gasteiger partial charge >= 0.3 is 0 Å². The van der Waals surface area contributed by atoms with Gasteiger partial charge in [-0.15, -0.1) is 23.7 Å². The zero-order chi connectivity index (χ0) is 8.81. The van der Waals surface area contributed by atoms with Crippen molar-refractivity contribution in [2.45, 2.75) is 19.8 Å². The van der Waals surface area contributed by atoms with Gasteiger partial charge in [0.1, 0.15) is 0 Å². The van der Waals surface area contributed by atoms with Crippen LogP contribution < -0.4 is 5.32 Å². The SMILES string of the molecule is C#CCCNc1ncc(CC)s1. The molecule has 1 aromatic heterocycles. The third-order valence-electron chi connectivity index (χ3n) is 1.45. The monoisotopic (exact) mass is 180 g/mol. The first-order valence-corrected chi connectivity index (χ1v) is 4.80. The summed E-state index contributed by atoms with van der Waals surface area (Å²) in [5.41, 5.74) is 0. The molecule has 0 bridgehead atoms. The van der Waals surface area contributed by atoms with Gasteiger partial charge in [-0.1, -0.05) is 6.92 Å². The lowest BCUT2D eigenvalue weighted by Gasteiger charge is -1.95.